The van der Waals surface area contributed by atoms with Crippen molar-refractivity contribution in [1.29, 1.82) is 0 Å². The van der Waals surface area contributed by atoms with E-state index in [2.05, 4.69) is 20.4 Å². The van der Waals surface area contributed by atoms with Gasteiger partial charge in [-0.05, 0) is 23.8 Å². The molecule has 6 nitrogen and oxygen atoms in total. The van der Waals surface area contributed by atoms with E-state index >= 15 is 0 Å². The van der Waals surface area contributed by atoms with Crippen molar-refractivity contribution in [3.63, 3.8) is 0 Å². The number of hydrogen-bond acceptors (Lipinski definition) is 3. The van der Waals surface area contributed by atoms with Crippen LogP contribution in [0.2, 0.25) is 5.02 Å². The average Bonchev–Trinajstić information content (AvgIpc) is 3.24. The number of carbonyl (C=O) groups is 1. The van der Waals surface area contributed by atoms with E-state index in [0.29, 0.717) is 28.5 Å². The van der Waals surface area contributed by atoms with Gasteiger partial charge in [0.2, 0.25) is 0 Å². The van der Waals surface area contributed by atoms with Gasteiger partial charge in [-0.2, -0.15) is 5.10 Å². The monoisotopic (exact) mass is 369 g/mol. The van der Waals surface area contributed by atoms with E-state index in [1.54, 1.807) is 35.3 Å². The van der Waals surface area contributed by atoms with Crippen molar-refractivity contribution in [2.24, 2.45) is 0 Å². The van der Waals surface area contributed by atoms with Crippen LogP contribution >= 0.6 is 11.6 Å². The Kier molecular flexibility index (Phi) is 4.14. The normalized spacial score (nSPS) is 11.0. The number of aromatic amines is 1. The lowest BCUT2D eigenvalue weighted by Gasteiger charge is -2.02. The number of fused-ring (bicyclic) bond motifs is 1. The fraction of sp³-hybridized carbons (Fsp3) is 0.0556. The molecule has 0 aliphatic carbocycles. The smallest absolute Gasteiger partial charge is 0.258 e. The number of anilines is 1. The summed E-state index contributed by atoms with van der Waals surface area (Å²) in [7, 11) is 0. The second kappa shape index (κ2) is 6.61. The molecule has 0 aliphatic heterocycles. The quantitative estimate of drug-likeness (QED) is 0.573. The molecule has 0 aliphatic rings. The first-order valence-corrected chi connectivity index (χ1v) is 8.17. The Bertz CT molecular complexity index is 1090. The average molecular weight is 370 g/mol. The van der Waals surface area contributed by atoms with Gasteiger partial charge in [0, 0.05) is 24.0 Å². The van der Waals surface area contributed by atoms with Crippen LogP contribution in [-0.2, 0) is 6.54 Å². The number of benzene rings is 1. The van der Waals surface area contributed by atoms with Gasteiger partial charge in [-0.25, -0.2) is 9.37 Å². The van der Waals surface area contributed by atoms with Crippen LogP contribution in [0.25, 0.3) is 11.0 Å². The molecule has 3 heterocycles. The molecule has 1 amide bonds. The first kappa shape index (κ1) is 16.3. The molecule has 4 rings (SSSR count). The number of pyridine rings is 1. The molecule has 0 spiro atoms. The Labute approximate surface area is 152 Å². The number of rotatable bonds is 4. The second-order valence-electron chi connectivity index (χ2n) is 5.76. The van der Waals surface area contributed by atoms with Gasteiger partial charge in [0.25, 0.3) is 5.91 Å². The highest BCUT2D eigenvalue weighted by Gasteiger charge is 2.13. The third kappa shape index (κ3) is 3.29. The third-order valence-corrected chi connectivity index (χ3v) is 4.11. The van der Waals surface area contributed by atoms with Gasteiger partial charge in [-0.15, -0.1) is 0 Å². The topological polar surface area (TPSA) is 75.6 Å². The van der Waals surface area contributed by atoms with Gasteiger partial charge in [0.1, 0.15) is 11.5 Å². The fourth-order valence-electron chi connectivity index (χ4n) is 2.62. The molecular formula is C18H13ClFN5O. The lowest BCUT2D eigenvalue weighted by atomic mass is 10.2. The number of nitrogens with zero attached hydrogens (tertiary/aromatic N) is 3. The Hall–Kier alpha value is -3.19. The van der Waals surface area contributed by atoms with Crippen molar-refractivity contribution in [3.05, 3.63) is 77.1 Å². The van der Waals surface area contributed by atoms with E-state index in [9.17, 15) is 9.18 Å². The zero-order valence-electron chi connectivity index (χ0n) is 13.4. The largest absolute Gasteiger partial charge is 0.344 e. The highest BCUT2D eigenvalue weighted by atomic mass is 35.5. The van der Waals surface area contributed by atoms with Crippen molar-refractivity contribution in [3.8, 4) is 0 Å². The molecular weight excluding hydrogens is 357 g/mol. The maximum atomic E-state index is 13.0. The maximum absolute atomic E-state index is 13.0. The van der Waals surface area contributed by atoms with Crippen LogP contribution in [0.5, 0.6) is 0 Å². The number of aromatic nitrogens is 4. The molecule has 130 valence electrons. The molecule has 0 saturated carbocycles. The van der Waals surface area contributed by atoms with E-state index in [1.165, 1.54) is 24.5 Å². The van der Waals surface area contributed by atoms with Gasteiger partial charge in [0.15, 0.2) is 0 Å². The number of nitrogens with one attached hydrogen (secondary N) is 2. The van der Waals surface area contributed by atoms with E-state index in [-0.39, 0.29) is 11.7 Å². The maximum Gasteiger partial charge on any atom is 0.258 e. The first-order valence-electron chi connectivity index (χ1n) is 7.79. The predicted molar refractivity (Wildman–Crippen MR) is 96.8 cm³/mol. The molecule has 0 radical (unpaired) electrons. The summed E-state index contributed by atoms with van der Waals surface area (Å²) < 4.78 is 14.6. The molecule has 26 heavy (non-hydrogen) atoms. The third-order valence-electron chi connectivity index (χ3n) is 3.90. The van der Waals surface area contributed by atoms with Gasteiger partial charge >= 0.3 is 0 Å². The van der Waals surface area contributed by atoms with Crippen molar-refractivity contribution in [1.82, 2.24) is 19.7 Å². The van der Waals surface area contributed by atoms with Crippen molar-refractivity contribution in [2.75, 3.05) is 5.32 Å². The zero-order chi connectivity index (χ0) is 18.1. The Balaban J connectivity index is 1.50. The molecule has 0 fully saturated rings. The number of hydrogen-bond donors (Lipinski definition) is 2. The number of carbonyl (C=O) groups excluding carboxylic acids is 1. The van der Waals surface area contributed by atoms with Crippen LogP contribution in [0.4, 0.5) is 10.1 Å². The van der Waals surface area contributed by atoms with Crippen LogP contribution in [-0.4, -0.2) is 25.7 Å². The number of H-pyrrole nitrogens is 1. The van der Waals surface area contributed by atoms with Gasteiger partial charge in [-0.1, -0.05) is 23.7 Å². The van der Waals surface area contributed by atoms with E-state index < -0.39 is 0 Å². The zero-order valence-corrected chi connectivity index (χ0v) is 14.2. The summed E-state index contributed by atoms with van der Waals surface area (Å²) >= 11 is 5.97. The summed E-state index contributed by atoms with van der Waals surface area (Å²) in [4.78, 5) is 19.6. The molecule has 0 bridgehead atoms. The van der Waals surface area contributed by atoms with Crippen LogP contribution in [0.3, 0.4) is 0 Å². The minimum Gasteiger partial charge on any atom is -0.344 e. The minimum absolute atomic E-state index is 0.289. The van der Waals surface area contributed by atoms with Crippen LogP contribution < -0.4 is 5.32 Å². The van der Waals surface area contributed by atoms with E-state index in [4.69, 9.17) is 11.6 Å². The van der Waals surface area contributed by atoms with Gasteiger partial charge < -0.3 is 10.3 Å². The summed E-state index contributed by atoms with van der Waals surface area (Å²) in [5.41, 5.74) is 2.53. The van der Waals surface area contributed by atoms with Crippen molar-refractivity contribution >= 4 is 34.2 Å². The first-order chi connectivity index (χ1) is 12.6. The van der Waals surface area contributed by atoms with E-state index in [1.807, 2.05) is 0 Å². The molecule has 1 aromatic carbocycles. The predicted octanol–water partition coefficient (Wildman–Crippen LogP) is 3.85. The molecule has 4 aromatic rings. The summed E-state index contributed by atoms with van der Waals surface area (Å²) in [6.45, 7) is 0.445. The number of halogens is 2. The molecule has 2 N–H and O–H groups in total. The second-order valence-corrected chi connectivity index (χ2v) is 6.20. The standard InChI is InChI=1S/C18H13ClFN5O/c19-13-5-15-16(8-22-17(15)21-7-13)24-18(26)12-6-23-25(10-12)9-11-1-3-14(20)4-2-11/h1-8,10H,9H2,(H,21,22)(H,24,26). The number of amides is 1. The van der Waals surface area contributed by atoms with Crippen LogP contribution in [0, 0.1) is 5.82 Å². The highest BCUT2D eigenvalue weighted by molar-refractivity contribution is 6.31. The summed E-state index contributed by atoms with van der Waals surface area (Å²) in [6.07, 6.45) is 6.32. The summed E-state index contributed by atoms with van der Waals surface area (Å²) in [5.74, 6) is -0.584. The molecule has 8 heteroatoms. The SMILES string of the molecule is O=C(Nc1c[nH]c2ncc(Cl)cc12)c1cnn(Cc2ccc(F)cc2)c1. The summed E-state index contributed by atoms with van der Waals surface area (Å²) in [6, 6.07) is 7.87. The summed E-state index contributed by atoms with van der Waals surface area (Å²) in [5, 5.41) is 8.22. The lowest BCUT2D eigenvalue weighted by Crippen LogP contribution is -2.10. The van der Waals surface area contributed by atoms with Gasteiger partial charge in [-0.3, -0.25) is 9.48 Å². The molecule has 0 atom stereocenters. The van der Waals surface area contributed by atoms with Gasteiger partial charge in [0.05, 0.1) is 29.0 Å². The molecule has 0 saturated heterocycles. The Morgan fingerprint density at radius 2 is 2.08 bits per heavy atom. The lowest BCUT2D eigenvalue weighted by molar-refractivity contribution is 0.102. The molecule has 0 unspecified atom stereocenters. The fourth-order valence-corrected chi connectivity index (χ4v) is 2.78. The Morgan fingerprint density at radius 3 is 2.88 bits per heavy atom. The van der Waals surface area contributed by atoms with E-state index in [0.717, 1.165) is 10.9 Å². The van der Waals surface area contributed by atoms with Crippen molar-refractivity contribution in [2.45, 2.75) is 6.54 Å². The highest BCUT2D eigenvalue weighted by Crippen LogP contribution is 2.24. The molecule has 3 aromatic heterocycles. The Morgan fingerprint density at radius 1 is 1.27 bits per heavy atom. The minimum atomic E-state index is -0.295. The van der Waals surface area contributed by atoms with Crippen molar-refractivity contribution < 1.29 is 9.18 Å². The van der Waals surface area contributed by atoms with Crippen LogP contribution in [0.1, 0.15) is 15.9 Å². The van der Waals surface area contributed by atoms with Crippen LogP contribution in [0.15, 0.2) is 55.1 Å².